The number of carbonyl (C=O) groups is 1. The van der Waals surface area contributed by atoms with Gasteiger partial charge in [-0.3, -0.25) is 9.69 Å². The summed E-state index contributed by atoms with van der Waals surface area (Å²) in [7, 11) is 0. The molecule has 2 aliphatic rings. The minimum absolute atomic E-state index is 0.0244. The number of likely N-dealkylation sites (tertiary alicyclic amines) is 1. The lowest BCUT2D eigenvalue weighted by Crippen LogP contribution is -2.51. The molecule has 2 N–H and O–H groups in total. The minimum atomic E-state index is -0.227. The average molecular weight is 331 g/mol. The Morgan fingerprint density at radius 2 is 2.04 bits per heavy atom. The van der Waals surface area contributed by atoms with E-state index in [-0.39, 0.29) is 11.9 Å². The van der Waals surface area contributed by atoms with Crippen molar-refractivity contribution in [2.45, 2.75) is 38.9 Å². The Bertz CT molecular complexity index is 535. The van der Waals surface area contributed by atoms with Crippen LogP contribution in [-0.4, -0.2) is 49.7 Å². The number of ether oxygens (including phenoxy) is 1. The monoisotopic (exact) mass is 331 g/mol. The molecule has 2 heterocycles. The summed E-state index contributed by atoms with van der Waals surface area (Å²) in [6.45, 7) is 8.11. The lowest BCUT2D eigenvalue weighted by atomic mass is 9.98. The van der Waals surface area contributed by atoms with E-state index in [9.17, 15) is 4.79 Å². The van der Waals surface area contributed by atoms with Crippen LogP contribution in [-0.2, 0) is 22.6 Å². The Morgan fingerprint density at radius 3 is 2.75 bits per heavy atom. The van der Waals surface area contributed by atoms with Crippen molar-refractivity contribution in [3.05, 3.63) is 35.4 Å². The van der Waals surface area contributed by atoms with E-state index in [1.54, 1.807) is 0 Å². The number of benzene rings is 1. The molecule has 0 radical (unpaired) electrons. The van der Waals surface area contributed by atoms with Crippen molar-refractivity contribution < 1.29 is 9.53 Å². The van der Waals surface area contributed by atoms with E-state index in [0.29, 0.717) is 19.8 Å². The van der Waals surface area contributed by atoms with Gasteiger partial charge in [0.1, 0.15) is 6.04 Å². The summed E-state index contributed by atoms with van der Waals surface area (Å²) in [6.07, 6.45) is 2.57. The quantitative estimate of drug-likeness (QED) is 0.859. The first-order valence-electron chi connectivity index (χ1n) is 9.10. The highest BCUT2D eigenvalue weighted by molar-refractivity contribution is 5.82. The molecule has 2 fully saturated rings. The van der Waals surface area contributed by atoms with Gasteiger partial charge in [-0.1, -0.05) is 31.2 Å². The second-order valence-electron chi connectivity index (χ2n) is 7.03. The number of hydrogen-bond acceptors (Lipinski definition) is 4. The van der Waals surface area contributed by atoms with Crippen molar-refractivity contribution in [3.63, 3.8) is 0 Å². The summed E-state index contributed by atoms with van der Waals surface area (Å²) in [4.78, 5) is 14.8. The van der Waals surface area contributed by atoms with Crippen LogP contribution in [0.25, 0.3) is 0 Å². The molecule has 1 aromatic carbocycles. The van der Waals surface area contributed by atoms with Gasteiger partial charge in [-0.25, -0.2) is 0 Å². The summed E-state index contributed by atoms with van der Waals surface area (Å²) >= 11 is 0. The summed E-state index contributed by atoms with van der Waals surface area (Å²) in [6, 6.07) is 8.21. The third kappa shape index (κ3) is 4.79. The lowest BCUT2D eigenvalue weighted by Gasteiger charge is -2.30. The van der Waals surface area contributed by atoms with Gasteiger partial charge in [0.2, 0.25) is 5.91 Å². The Morgan fingerprint density at radius 1 is 1.29 bits per heavy atom. The Labute approximate surface area is 144 Å². The van der Waals surface area contributed by atoms with E-state index in [1.807, 2.05) is 6.07 Å². The lowest BCUT2D eigenvalue weighted by molar-refractivity contribution is -0.126. The molecule has 0 bridgehead atoms. The molecule has 1 unspecified atom stereocenters. The van der Waals surface area contributed by atoms with Crippen molar-refractivity contribution in [2.75, 3.05) is 32.8 Å². The van der Waals surface area contributed by atoms with Gasteiger partial charge in [0, 0.05) is 19.6 Å². The van der Waals surface area contributed by atoms with Gasteiger partial charge in [0.25, 0.3) is 0 Å². The first kappa shape index (κ1) is 17.4. The van der Waals surface area contributed by atoms with Crippen LogP contribution in [0.3, 0.4) is 0 Å². The summed E-state index contributed by atoms with van der Waals surface area (Å²) in [5, 5.41) is 6.25. The molecule has 1 atom stereocenters. The van der Waals surface area contributed by atoms with Crippen LogP contribution in [0.15, 0.2) is 24.3 Å². The number of carbonyl (C=O) groups excluding carboxylic acids is 1. The van der Waals surface area contributed by atoms with Crippen LogP contribution in [0.4, 0.5) is 0 Å². The molecule has 0 saturated carbocycles. The van der Waals surface area contributed by atoms with E-state index < -0.39 is 0 Å². The fraction of sp³-hybridized carbons (Fsp3) is 0.632. The zero-order valence-corrected chi connectivity index (χ0v) is 14.6. The molecule has 2 aliphatic heterocycles. The van der Waals surface area contributed by atoms with Gasteiger partial charge in [-0.05, 0) is 43.0 Å². The second-order valence-corrected chi connectivity index (χ2v) is 7.03. The third-order valence-corrected chi connectivity index (χ3v) is 5.08. The maximum atomic E-state index is 12.2. The molecule has 3 rings (SSSR count). The molecule has 132 valence electrons. The molecule has 0 aromatic heterocycles. The normalized spacial score (nSPS) is 23.1. The summed E-state index contributed by atoms with van der Waals surface area (Å²) in [5.41, 5.74) is 2.53. The smallest absolute Gasteiger partial charge is 0.239 e. The number of piperidine rings is 1. The van der Waals surface area contributed by atoms with Crippen molar-refractivity contribution in [2.24, 2.45) is 5.92 Å². The zero-order chi connectivity index (χ0) is 16.8. The topological polar surface area (TPSA) is 53.6 Å². The maximum Gasteiger partial charge on any atom is 0.239 e. The van der Waals surface area contributed by atoms with Gasteiger partial charge >= 0.3 is 0 Å². The Kier molecular flexibility index (Phi) is 6.24. The first-order valence-corrected chi connectivity index (χ1v) is 9.10. The van der Waals surface area contributed by atoms with Gasteiger partial charge in [0.15, 0.2) is 0 Å². The van der Waals surface area contributed by atoms with Gasteiger partial charge in [0.05, 0.1) is 13.2 Å². The van der Waals surface area contributed by atoms with Crippen molar-refractivity contribution in [1.29, 1.82) is 0 Å². The summed E-state index contributed by atoms with van der Waals surface area (Å²) < 4.78 is 5.36. The molecule has 2 saturated heterocycles. The second kappa shape index (κ2) is 8.60. The number of nitrogens with one attached hydrogen (secondary N) is 2. The molecule has 1 aromatic rings. The Hall–Kier alpha value is -1.43. The molecule has 24 heavy (non-hydrogen) atoms. The van der Waals surface area contributed by atoms with E-state index in [4.69, 9.17) is 4.74 Å². The molecule has 1 amide bonds. The predicted octanol–water partition coefficient (Wildman–Crippen LogP) is 1.52. The zero-order valence-electron chi connectivity index (χ0n) is 14.6. The molecule has 0 spiro atoms. The van der Waals surface area contributed by atoms with E-state index in [0.717, 1.165) is 19.0 Å². The molecular formula is C19H29N3O2. The summed E-state index contributed by atoms with van der Waals surface area (Å²) in [5.74, 6) is 0.872. The van der Waals surface area contributed by atoms with Gasteiger partial charge < -0.3 is 15.4 Å². The van der Waals surface area contributed by atoms with Gasteiger partial charge in [-0.2, -0.15) is 0 Å². The average Bonchev–Trinajstić information content (AvgIpc) is 2.63. The van der Waals surface area contributed by atoms with E-state index in [2.05, 4.69) is 40.7 Å². The van der Waals surface area contributed by atoms with Crippen molar-refractivity contribution in [3.8, 4) is 0 Å². The van der Waals surface area contributed by atoms with E-state index in [1.165, 1.54) is 37.1 Å². The number of amides is 1. The first-order chi connectivity index (χ1) is 11.7. The standard InChI is InChI=1S/C19H29N3O2/c1-15-6-9-22(10-7-15)13-17-5-3-2-4-16(17)12-21-19(23)18-14-24-11-8-20-18/h2-5,15,18,20H,6-14H2,1H3,(H,21,23). The van der Waals surface area contributed by atoms with Crippen LogP contribution < -0.4 is 10.6 Å². The predicted molar refractivity (Wildman–Crippen MR) is 94.6 cm³/mol. The Balaban J connectivity index is 1.54. The third-order valence-electron chi connectivity index (χ3n) is 5.08. The van der Waals surface area contributed by atoms with Crippen LogP contribution >= 0.6 is 0 Å². The van der Waals surface area contributed by atoms with Crippen LogP contribution in [0.5, 0.6) is 0 Å². The highest BCUT2D eigenvalue weighted by Gasteiger charge is 2.21. The van der Waals surface area contributed by atoms with Crippen LogP contribution in [0, 0.1) is 5.92 Å². The van der Waals surface area contributed by atoms with Crippen LogP contribution in [0.1, 0.15) is 30.9 Å². The van der Waals surface area contributed by atoms with Gasteiger partial charge in [-0.15, -0.1) is 0 Å². The molecule has 5 nitrogen and oxygen atoms in total. The fourth-order valence-corrected chi connectivity index (χ4v) is 3.38. The number of nitrogens with zero attached hydrogens (tertiary/aromatic N) is 1. The molecule has 5 heteroatoms. The number of morpholine rings is 1. The highest BCUT2D eigenvalue weighted by Crippen LogP contribution is 2.19. The fourth-order valence-electron chi connectivity index (χ4n) is 3.38. The molecular weight excluding hydrogens is 302 g/mol. The number of rotatable bonds is 5. The maximum absolute atomic E-state index is 12.2. The SMILES string of the molecule is CC1CCN(Cc2ccccc2CNC(=O)C2COCCN2)CC1. The van der Waals surface area contributed by atoms with Crippen molar-refractivity contribution in [1.82, 2.24) is 15.5 Å². The number of hydrogen-bond donors (Lipinski definition) is 2. The van der Waals surface area contributed by atoms with Crippen molar-refractivity contribution >= 4 is 5.91 Å². The van der Waals surface area contributed by atoms with E-state index >= 15 is 0 Å². The van der Waals surface area contributed by atoms with Crippen LogP contribution in [0.2, 0.25) is 0 Å². The minimum Gasteiger partial charge on any atom is -0.378 e. The highest BCUT2D eigenvalue weighted by atomic mass is 16.5. The molecule has 0 aliphatic carbocycles. The largest absolute Gasteiger partial charge is 0.378 e.